The van der Waals surface area contributed by atoms with Crippen LogP contribution in [0.25, 0.3) is 0 Å². The van der Waals surface area contributed by atoms with Gasteiger partial charge in [0.05, 0.1) is 25.2 Å². The van der Waals surface area contributed by atoms with Crippen molar-refractivity contribution in [1.29, 1.82) is 0 Å². The smallest absolute Gasteiger partial charge is 0.308 e. The lowest BCUT2D eigenvalue weighted by Crippen LogP contribution is -2.60. The Balaban J connectivity index is 1.48. The summed E-state index contributed by atoms with van der Waals surface area (Å²) in [6.45, 7) is 2.16. The van der Waals surface area contributed by atoms with Gasteiger partial charge in [0, 0.05) is 12.8 Å². The van der Waals surface area contributed by atoms with E-state index in [1.54, 1.807) is 6.92 Å². The summed E-state index contributed by atoms with van der Waals surface area (Å²) < 4.78 is 29.9. The molecule has 146 valence electrons. The zero-order valence-electron chi connectivity index (χ0n) is 15.3. The summed E-state index contributed by atoms with van der Waals surface area (Å²) in [7, 11) is 0. The van der Waals surface area contributed by atoms with Gasteiger partial charge in [0.1, 0.15) is 24.4 Å². The number of hydrogen-bond acceptors (Lipinski definition) is 7. The largest absolute Gasteiger partial charge is 0.466 e. The third kappa shape index (κ3) is 3.42. The molecule has 0 aromatic rings. The number of aldehydes is 1. The van der Waals surface area contributed by atoms with Crippen molar-refractivity contribution in [2.75, 3.05) is 6.61 Å². The van der Waals surface area contributed by atoms with Crippen LogP contribution in [-0.4, -0.2) is 61.3 Å². The van der Waals surface area contributed by atoms with E-state index >= 15 is 0 Å². The summed E-state index contributed by atoms with van der Waals surface area (Å²) >= 11 is 0. The third-order valence-electron chi connectivity index (χ3n) is 5.94. The molecule has 1 saturated carbocycles. The summed E-state index contributed by atoms with van der Waals surface area (Å²) in [4.78, 5) is 23.4. The highest BCUT2D eigenvalue weighted by molar-refractivity contribution is 5.69. The maximum atomic E-state index is 11.8. The maximum Gasteiger partial charge on any atom is 0.308 e. The summed E-state index contributed by atoms with van der Waals surface area (Å²) in [6, 6.07) is 0. The maximum absolute atomic E-state index is 11.8. The molecule has 4 aliphatic rings. The van der Waals surface area contributed by atoms with Gasteiger partial charge in [0.15, 0.2) is 12.1 Å². The van der Waals surface area contributed by atoms with Gasteiger partial charge in [0.25, 0.3) is 0 Å². The van der Waals surface area contributed by atoms with E-state index in [1.807, 2.05) is 0 Å². The molecule has 3 aliphatic heterocycles. The van der Waals surface area contributed by atoms with E-state index in [9.17, 15) is 9.59 Å². The highest BCUT2D eigenvalue weighted by Crippen LogP contribution is 2.47. The molecular weight excluding hydrogens is 340 g/mol. The SMILES string of the molecule is CCOC(=O)C[C@H]1CC[C@@H]2O[C@@H](C=O)[C@H]3OC4(CCCCC4)O[C@H]3[C@H]2O1. The van der Waals surface area contributed by atoms with E-state index in [2.05, 4.69) is 0 Å². The van der Waals surface area contributed by atoms with Gasteiger partial charge >= 0.3 is 5.97 Å². The first-order chi connectivity index (χ1) is 12.6. The molecule has 1 aliphatic carbocycles. The Kier molecular flexibility index (Phi) is 5.32. The van der Waals surface area contributed by atoms with E-state index in [-0.39, 0.29) is 36.8 Å². The van der Waals surface area contributed by atoms with Crippen LogP contribution in [-0.2, 0) is 33.3 Å². The van der Waals surface area contributed by atoms with Crippen molar-refractivity contribution in [2.24, 2.45) is 0 Å². The zero-order valence-corrected chi connectivity index (χ0v) is 15.3. The van der Waals surface area contributed by atoms with E-state index < -0.39 is 18.0 Å². The van der Waals surface area contributed by atoms with E-state index in [4.69, 9.17) is 23.7 Å². The third-order valence-corrected chi connectivity index (χ3v) is 5.94. The fraction of sp³-hybridized carbons (Fsp3) is 0.895. The van der Waals surface area contributed by atoms with E-state index in [1.165, 1.54) is 6.42 Å². The molecule has 0 bridgehead atoms. The molecule has 0 N–H and O–H groups in total. The standard InChI is InChI=1S/C19H28O7/c1-2-22-15(21)10-12-6-7-13-16(23-12)18-17(14(11-20)24-13)25-19(26-18)8-4-3-5-9-19/h11-14,16-18H,2-10H2,1H3/t12-,13+,14+,16+,17-,18+/m1/s1. The molecule has 3 saturated heterocycles. The van der Waals surface area contributed by atoms with Gasteiger partial charge in [-0.1, -0.05) is 6.42 Å². The number of carbonyl (C=O) groups excluding carboxylic acids is 2. The van der Waals surface area contributed by atoms with Crippen LogP contribution in [0, 0.1) is 0 Å². The average Bonchev–Trinajstić information content (AvgIpc) is 3.01. The monoisotopic (exact) mass is 368 g/mol. The Morgan fingerprint density at radius 3 is 2.58 bits per heavy atom. The molecule has 7 nitrogen and oxygen atoms in total. The first-order valence-corrected chi connectivity index (χ1v) is 9.91. The predicted molar refractivity (Wildman–Crippen MR) is 89.4 cm³/mol. The van der Waals surface area contributed by atoms with Crippen molar-refractivity contribution < 1.29 is 33.3 Å². The quantitative estimate of drug-likeness (QED) is 0.554. The highest BCUT2D eigenvalue weighted by atomic mass is 16.8. The topological polar surface area (TPSA) is 80.3 Å². The number of carbonyl (C=O) groups is 2. The molecule has 0 amide bonds. The Labute approximate surface area is 153 Å². The van der Waals surface area contributed by atoms with Crippen LogP contribution in [0.1, 0.15) is 58.3 Å². The van der Waals surface area contributed by atoms with Gasteiger partial charge in [-0.25, -0.2) is 0 Å². The molecule has 7 heteroatoms. The van der Waals surface area contributed by atoms with Crippen molar-refractivity contribution in [3.05, 3.63) is 0 Å². The normalized spacial score (nSPS) is 41.3. The van der Waals surface area contributed by atoms with Crippen molar-refractivity contribution in [3.8, 4) is 0 Å². The lowest BCUT2D eigenvalue weighted by molar-refractivity contribution is -0.235. The van der Waals surface area contributed by atoms with Crippen LogP contribution in [0.3, 0.4) is 0 Å². The Morgan fingerprint density at radius 2 is 1.85 bits per heavy atom. The Bertz CT molecular complexity index is 530. The van der Waals surface area contributed by atoms with Crippen LogP contribution < -0.4 is 0 Å². The second-order valence-corrected chi connectivity index (χ2v) is 7.72. The molecule has 0 aromatic heterocycles. The molecule has 1 spiro atoms. The molecule has 4 rings (SSSR count). The lowest BCUT2D eigenvalue weighted by atomic mass is 9.89. The van der Waals surface area contributed by atoms with Crippen molar-refractivity contribution in [1.82, 2.24) is 0 Å². The van der Waals surface area contributed by atoms with Gasteiger partial charge in [-0.05, 0) is 32.6 Å². The van der Waals surface area contributed by atoms with Crippen molar-refractivity contribution >= 4 is 12.3 Å². The van der Waals surface area contributed by atoms with Gasteiger partial charge in [-0.15, -0.1) is 0 Å². The first-order valence-electron chi connectivity index (χ1n) is 9.91. The fourth-order valence-corrected chi connectivity index (χ4v) is 4.76. The molecule has 26 heavy (non-hydrogen) atoms. The molecular formula is C19H28O7. The molecule has 6 atom stereocenters. The number of rotatable bonds is 4. The summed E-state index contributed by atoms with van der Waals surface area (Å²) in [5.74, 6) is -0.854. The summed E-state index contributed by atoms with van der Waals surface area (Å²) in [6.07, 6.45) is 5.38. The molecule has 4 fully saturated rings. The fourth-order valence-electron chi connectivity index (χ4n) is 4.76. The zero-order chi connectivity index (χ0) is 18.1. The summed E-state index contributed by atoms with van der Waals surface area (Å²) in [5, 5.41) is 0. The lowest BCUT2D eigenvalue weighted by Gasteiger charge is -2.45. The molecule has 0 unspecified atom stereocenters. The number of fused-ring (bicyclic) bond motifs is 3. The van der Waals surface area contributed by atoms with Gasteiger partial charge in [-0.2, -0.15) is 0 Å². The molecule has 3 heterocycles. The summed E-state index contributed by atoms with van der Waals surface area (Å²) in [5.41, 5.74) is 0. The van der Waals surface area contributed by atoms with Crippen molar-refractivity contribution in [3.63, 3.8) is 0 Å². The second-order valence-electron chi connectivity index (χ2n) is 7.72. The van der Waals surface area contributed by atoms with Crippen LogP contribution in [0.2, 0.25) is 0 Å². The first kappa shape index (κ1) is 18.3. The number of hydrogen-bond donors (Lipinski definition) is 0. The van der Waals surface area contributed by atoms with E-state index in [0.29, 0.717) is 13.0 Å². The van der Waals surface area contributed by atoms with Crippen LogP contribution in [0.4, 0.5) is 0 Å². The minimum atomic E-state index is -0.618. The van der Waals surface area contributed by atoms with Crippen molar-refractivity contribution in [2.45, 2.75) is 101 Å². The highest BCUT2D eigenvalue weighted by Gasteiger charge is 2.59. The minimum Gasteiger partial charge on any atom is -0.466 e. The number of esters is 1. The van der Waals surface area contributed by atoms with Crippen LogP contribution in [0.15, 0.2) is 0 Å². The van der Waals surface area contributed by atoms with Gasteiger partial charge in [-0.3, -0.25) is 4.79 Å². The Morgan fingerprint density at radius 1 is 1.08 bits per heavy atom. The molecule has 0 aromatic carbocycles. The average molecular weight is 368 g/mol. The van der Waals surface area contributed by atoms with Gasteiger partial charge in [0.2, 0.25) is 0 Å². The number of ether oxygens (including phenoxy) is 5. The minimum absolute atomic E-state index is 0.202. The van der Waals surface area contributed by atoms with Crippen LogP contribution >= 0.6 is 0 Å². The van der Waals surface area contributed by atoms with Gasteiger partial charge < -0.3 is 28.5 Å². The second kappa shape index (κ2) is 7.54. The Hall–Kier alpha value is -1.02. The van der Waals surface area contributed by atoms with E-state index in [0.717, 1.165) is 38.4 Å². The predicted octanol–water partition coefficient (Wildman–Crippen LogP) is 1.90. The molecule has 0 radical (unpaired) electrons. The van der Waals surface area contributed by atoms with Crippen LogP contribution in [0.5, 0.6) is 0 Å².